The van der Waals surface area contributed by atoms with Crippen molar-refractivity contribution in [2.24, 2.45) is 0 Å². The van der Waals surface area contributed by atoms with Crippen molar-refractivity contribution >= 4 is 33.5 Å². The molecule has 3 aromatic carbocycles. The Labute approximate surface area is 181 Å². The summed E-state index contributed by atoms with van der Waals surface area (Å²) in [4.78, 5) is 7.85. The zero-order chi connectivity index (χ0) is 19.6. The highest BCUT2D eigenvalue weighted by atomic mass is 127. The quantitative estimate of drug-likeness (QED) is 0.299. The van der Waals surface area contributed by atoms with Crippen molar-refractivity contribution < 1.29 is 4.74 Å². The lowest BCUT2D eigenvalue weighted by Crippen LogP contribution is -1.91. The summed E-state index contributed by atoms with van der Waals surface area (Å²) in [6.07, 6.45) is 2.64. The minimum Gasteiger partial charge on any atom is -0.457 e. The highest BCUT2D eigenvalue weighted by molar-refractivity contribution is 14.1. The van der Waals surface area contributed by atoms with Gasteiger partial charge in [-0.3, -0.25) is 5.10 Å². The maximum Gasteiger partial charge on any atom is 0.181 e. The third-order valence-corrected chi connectivity index (χ3v) is 5.32. The van der Waals surface area contributed by atoms with E-state index in [-0.39, 0.29) is 0 Å². The standard InChI is InChI=1S/C23H17IN4O/c24-18-5-1-3-15(11-18)12-22-26-23(28-27-22)17-4-2-6-19(14-17)29-20-7-8-21-16(13-20)9-10-25-21/h1-11,13-14,25H,12H2,(H,26,27,28). The van der Waals surface area contributed by atoms with Gasteiger partial charge in [0.05, 0.1) is 0 Å². The molecule has 0 radical (unpaired) electrons. The lowest BCUT2D eigenvalue weighted by Gasteiger charge is -2.07. The van der Waals surface area contributed by atoms with E-state index in [0.29, 0.717) is 5.82 Å². The van der Waals surface area contributed by atoms with Crippen LogP contribution in [0.3, 0.4) is 0 Å². The summed E-state index contributed by atoms with van der Waals surface area (Å²) >= 11 is 2.32. The van der Waals surface area contributed by atoms with E-state index in [2.05, 4.69) is 67.0 Å². The van der Waals surface area contributed by atoms with Crippen molar-refractivity contribution in [1.82, 2.24) is 20.2 Å². The Bertz CT molecular complexity index is 1290. The van der Waals surface area contributed by atoms with Crippen molar-refractivity contribution in [1.29, 1.82) is 0 Å². The molecule has 0 aliphatic heterocycles. The molecule has 0 aliphatic carbocycles. The largest absolute Gasteiger partial charge is 0.457 e. The lowest BCUT2D eigenvalue weighted by molar-refractivity contribution is 0.483. The fourth-order valence-corrected chi connectivity index (χ4v) is 3.88. The first kappa shape index (κ1) is 17.9. The molecule has 6 heteroatoms. The molecule has 0 saturated carbocycles. The number of hydrogen-bond donors (Lipinski definition) is 2. The molecule has 0 spiro atoms. The van der Waals surface area contributed by atoms with Gasteiger partial charge in [0.15, 0.2) is 5.82 Å². The van der Waals surface area contributed by atoms with Gasteiger partial charge in [0, 0.05) is 32.7 Å². The van der Waals surface area contributed by atoms with Crippen molar-refractivity contribution in [2.75, 3.05) is 0 Å². The molecule has 5 rings (SSSR count). The highest BCUT2D eigenvalue weighted by Gasteiger charge is 2.09. The van der Waals surface area contributed by atoms with Gasteiger partial charge < -0.3 is 9.72 Å². The molecule has 0 amide bonds. The van der Waals surface area contributed by atoms with Crippen LogP contribution in [0.2, 0.25) is 0 Å². The molecule has 142 valence electrons. The van der Waals surface area contributed by atoms with Crippen LogP contribution in [0.1, 0.15) is 11.4 Å². The number of H-pyrrole nitrogens is 2. The average Bonchev–Trinajstić information content (AvgIpc) is 3.37. The zero-order valence-corrected chi connectivity index (χ0v) is 17.6. The molecule has 5 aromatic rings. The van der Waals surface area contributed by atoms with Crippen LogP contribution < -0.4 is 4.74 Å². The Balaban J connectivity index is 1.36. The van der Waals surface area contributed by atoms with E-state index >= 15 is 0 Å². The van der Waals surface area contributed by atoms with Crippen LogP contribution >= 0.6 is 22.6 Å². The average molecular weight is 492 g/mol. The third kappa shape index (κ3) is 4.02. The zero-order valence-electron chi connectivity index (χ0n) is 15.4. The van der Waals surface area contributed by atoms with E-state index in [1.54, 1.807) is 0 Å². The minimum absolute atomic E-state index is 0.664. The first-order valence-electron chi connectivity index (χ1n) is 9.24. The number of nitrogens with zero attached hydrogens (tertiary/aromatic N) is 2. The van der Waals surface area contributed by atoms with Gasteiger partial charge in [0.25, 0.3) is 0 Å². The van der Waals surface area contributed by atoms with Gasteiger partial charge in [0.2, 0.25) is 0 Å². The molecule has 0 unspecified atom stereocenters. The van der Waals surface area contributed by atoms with E-state index in [1.807, 2.05) is 54.7 Å². The monoisotopic (exact) mass is 492 g/mol. The van der Waals surface area contributed by atoms with E-state index < -0.39 is 0 Å². The molecule has 0 atom stereocenters. The summed E-state index contributed by atoms with van der Waals surface area (Å²) in [7, 11) is 0. The van der Waals surface area contributed by atoms with Crippen molar-refractivity contribution in [3.05, 3.63) is 94.0 Å². The minimum atomic E-state index is 0.664. The number of benzene rings is 3. The van der Waals surface area contributed by atoms with Crippen LogP contribution in [0.5, 0.6) is 11.5 Å². The fraction of sp³-hybridized carbons (Fsp3) is 0.0435. The van der Waals surface area contributed by atoms with Gasteiger partial charge in [-0.05, 0) is 76.7 Å². The number of halogens is 1. The van der Waals surface area contributed by atoms with Gasteiger partial charge in [-0.1, -0.05) is 24.3 Å². The Morgan fingerprint density at radius 2 is 1.79 bits per heavy atom. The second-order valence-corrected chi connectivity index (χ2v) is 8.01. The van der Waals surface area contributed by atoms with Gasteiger partial charge in [0.1, 0.15) is 17.3 Å². The van der Waals surface area contributed by atoms with E-state index in [0.717, 1.165) is 40.2 Å². The van der Waals surface area contributed by atoms with Gasteiger partial charge >= 0.3 is 0 Å². The lowest BCUT2D eigenvalue weighted by atomic mass is 10.1. The molecular weight excluding hydrogens is 475 g/mol. The van der Waals surface area contributed by atoms with E-state index in [9.17, 15) is 0 Å². The normalized spacial score (nSPS) is 11.1. The van der Waals surface area contributed by atoms with Crippen molar-refractivity contribution in [3.63, 3.8) is 0 Å². The van der Waals surface area contributed by atoms with Crippen molar-refractivity contribution in [2.45, 2.75) is 6.42 Å². The van der Waals surface area contributed by atoms with Gasteiger partial charge in [-0.25, -0.2) is 4.98 Å². The summed E-state index contributed by atoms with van der Waals surface area (Å²) < 4.78 is 7.26. The third-order valence-electron chi connectivity index (χ3n) is 4.65. The molecule has 2 N–H and O–H groups in total. The first-order valence-corrected chi connectivity index (χ1v) is 10.3. The topological polar surface area (TPSA) is 66.6 Å². The number of ether oxygens (including phenoxy) is 1. The summed E-state index contributed by atoms with van der Waals surface area (Å²) in [5.74, 6) is 3.05. The van der Waals surface area contributed by atoms with Crippen molar-refractivity contribution in [3.8, 4) is 22.9 Å². The molecule has 29 heavy (non-hydrogen) atoms. The summed E-state index contributed by atoms with van der Waals surface area (Å²) in [6.45, 7) is 0. The molecule has 0 aliphatic rings. The van der Waals surface area contributed by atoms with Gasteiger partial charge in [-0.15, -0.1) is 0 Å². The number of aromatic nitrogens is 4. The second-order valence-electron chi connectivity index (χ2n) is 6.77. The number of fused-ring (bicyclic) bond motifs is 1. The van der Waals surface area contributed by atoms with Gasteiger partial charge in [-0.2, -0.15) is 5.10 Å². The van der Waals surface area contributed by atoms with E-state index in [1.165, 1.54) is 9.13 Å². The molecule has 0 bridgehead atoms. The second kappa shape index (κ2) is 7.71. The Morgan fingerprint density at radius 1 is 0.897 bits per heavy atom. The maximum atomic E-state index is 6.05. The molecule has 2 heterocycles. The smallest absolute Gasteiger partial charge is 0.181 e. The molecule has 0 fully saturated rings. The molecule has 5 nitrogen and oxygen atoms in total. The first-order chi connectivity index (χ1) is 14.2. The Kier molecular flexibility index (Phi) is 4.77. The number of hydrogen-bond acceptors (Lipinski definition) is 3. The molecular formula is C23H17IN4O. The van der Waals surface area contributed by atoms with Crippen LogP contribution in [0.4, 0.5) is 0 Å². The van der Waals surface area contributed by atoms with Crippen LogP contribution in [0, 0.1) is 3.57 Å². The van der Waals surface area contributed by atoms with Crippen LogP contribution in [0.25, 0.3) is 22.3 Å². The summed E-state index contributed by atoms with van der Waals surface area (Å²) in [6, 6.07) is 24.2. The Hall–Kier alpha value is -3.13. The predicted octanol–water partition coefficient (Wildman–Crippen LogP) is 5.94. The Morgan fingerprint density at radius 3 is 2.72 bits per heavy atom. The molecule has 2 aromatic heterocycles. The summed E-state index contributed by atoms with van der Waals surface area (Å²) in [5, 5.41) is 8.56. The molecule has 0 saturated heterocycles. The summed E-state index contributed by atoms with van der Waals surface area (Å²) in [5.41, 5.74) is 3.21. The SMILES string of the molecule is Ic1cccc(Cc2nc(-c3cccc(Oc4ccc5[nH]ccc5c4)c3)n[nH]2)c1. The maximum absolute atomic E-state index is 6.05. The number of aromatic amines is 2. The van der Waals surface area contributed by atoms with Crippen LogP contribution in [-0.4, -0.2) is 20.2 Å². The van der Waals surface area contributed by atoms with Crippen LogP contribution in [-0.2, 0) is 6.42 Å². The number of rotatable bonds is 5. The van der Waals surface area contributed by atoms with E-state index in [4.69, 9.17) is 4.74 Å². The van der Waals surface area contributed by atoms with Crippen LogP contribution in [0.15, 0.2) is 79.0 Å². The fourth-order valence-electron chi connectivity index (χ4n) is 3.27. The number of nitrogens with one attached hydrogen (secondary N) is 2. The highest BCUT2D eigenvalue weighted by Crippen LogP contribution is 2.28. The predicted molar refractivity (Wildman–Crippen MR) is 122 cm³/mol.